The van der Waals surface area contributed by atoms with Gasteiger partial charge in [-0.05, 0) is 18.2 Å². The summed E-state index contributed by atoms with van der Waals surface area (Å²) in [5.41, 5.74) is 0.0394. The molecule has 0 aliphatic rings. The van der Waals surface area contributed by atoms with Crippen molar-refractivity contribution in [3.63, 3.8) is 0 Å². The van der Waals surface area contributed by atoms with E-state index in [0.717, 1.165) is 10.4 Å². The van der Waals surface area contributed by atoms with Gasteiger partial charge in [-0.3, -0.25) is 0 Å². The molecule has 0 saturated heterocycles. The van der Waals surface area contributed by atoms with Gasteiger partial charge in [-0.2, -0.15) is 4.31 Å². The topological polar surface area (TPSA) is 66.8 Å². The van der Waals surface area contributed by atoms with Crippen LogP contribution >= 0.6 is 0 Å². The van der Waals surface area contributed by atoms with Gasteiger partial charge >= 0.3 is 0 Å². The van der Waals surface area contributed by atoms with Gasteiger partial charge in [0.2, 0.25) is 10.0 Å². The number of methoxy groups -OCH3 is 1. The minimum Gasteiger partial charge on any atom is -0.384 e. The van der Waals surface area contributed by atoms with E-state index in [1.165, 1.54) is 26.3 Å². The molecule has 7 heteroatoms. The molecule has 0 atom stereocenters. The third-order valence-corrected chi connectivity index (χ3v) is 4.41. The Hall–Kier alpha value is -1.46. The average molecular weight is 301 g/mol. The van der Waals surface area contributed by atoms with Gasteiger partial charge in [0, 0.05) is 20.7 Å². The zero-order chi connectivity index (χ0) is 15.2. The van der Waals surface area contributed by atoms with Crippen LogP contribution in [0.2, 0.25) is 0 Å². The highest BCUT2D eigenvalue weighted by Crippen LogP contribution is 2.17. The van der Waals surface area contributed by atoms with E-state index < -0.39 is 15.8 Å². The zero-order valence-electron chi connectivity index (χ0n) is 11.3. The Bertz CT molecular complexity index is 619. The number of sulfonamides is 1. The fraction of sp³-hybridized carbons (Fsp3) is 0.385. The zero-order valence-corrected chi connectivity index (χ0v) is 12.1. The quantitative estimate of drug-likeness (QED) is 0.801. The maximum absolute atomic E-state index is 13.7. The molecule has 0 amide bonds. The Labute approximate surface area is 118 Å². The number of benzene rings is 1. The number of ether oxygens (including phenoxy) is 1. The molecule has 0 bridgehead atoms. The first-order valence-electron chi connectivity index (χ1n) is 5.78. The lowest BCUT2D eigenvalue weighted by molar-refractivity contribution is 0.185. The number of rotatable bonds is 5. The van der Waals surface area contributed by atoms with Crippen molar-refractivity contribution in [2.45, 2.75) is 4.90 Å². The summed E-state index contributed by atoms with van der Waals surface area (Å²) in [6.07, 6.45) is 0. The van der Waals surface area contributed by atoms with Crippen molar-refractivity contribution in [2.24, 2.45) is 0 Å². The van der Waals surface area contributed by atoms with Gasteiger partial charge in [0.1, 0.15) is 12.4 Å². The van der Waals surface area contributed by atoms with Crippen LogP contribution in [0.15, 0.2) is 23.1 Å². The first-order valence-corrected chi connectivity index (χ1v) is 7.22. The summed E-state index contributed by atoms with van der Waals surface area (Å²) in [7, 11) is -0.894. The van der Waals surface area contributed by atoms with E-state index in [9.17, 15) is 12.8 Å². The smallest absolute Gasteiger partial charge is 0.242 e. The highest BCUT2D eigenvalue weighted by Gasteiger charge is 2.21. The van der Waals surface area contributed by atoms with Gasteiger partial charge in [-0.25, -0.2) is 12.8 Å². The van der Waals surface area contributed by atoms with Crippen molar-refractivity contribution < 1.29 is 22.7 Å². The Morgan fingerprint density at radius 3 is 2.70 bits per heavy atom. The minimum absolute atomic E-state index is 0.0394. The number of aliphatic hydroxyl groups is 1. The molecular formula is C13H16FNO4S. The van der Waals surface area contributed by atoms with E-state index in [4.69, 9.17) is 9.84 Å². The lowest BCUT2D eigenvalue weighted by Gasteiger charge is -2.16. The number of likely N-dealkylation sites (N-methyl/N-ethyl adjacent to an activating group) is 1. The molecule has 0 aliphatic carbocycles. The Morgan fingerprint density at radius 2 is 2.15 bits per heavy atom. The van der Waals surface area contributed by atoms with Crippen LogP contribution in [0.25, 0.3) is 0 Å². The highest BCUT2D eigenvalue weighted by atomic mass is 32.2. The van der Waals surface area contributed by atoms with Crippen LogP contribution in [0.1, 0.15) is 5.56 Å². The average Bonchev–Trinajstić information content (AvgIpc) is 2.43. The number of nitrogens with zero attached hydrogens (tertiary/aromatic N) is 1. The molecule has 20 heavy (non-hydrogen) atoms. The van der Waals surface area contributed by atoms with Crippen LogP contribution in [0.5, 0.6) is 0 Å². The Balaban J connectivity index is 3.05. The molecule has 1 N–H and O–H groups in total. The van der Waals surface area contributed by atoms with Crippen LogP contribution < -0.4 is 0 Å². The molecule has 1 aromatic rings. The second-order valence-electron chi connectivity index (χ2n) is 3.92. The van der Waals surface area contributed by atoms with Crippen LogP contribution in [0.3, 0.4) is 0 Å². The number of halogens is 1. The Morgan fingerprint density at radius 1 is 1.45 bits per heavy atom. The van der Waals surface area contributed by atoms with Crippen molar-refractivity contribution in [1.82, 2.24) is 4.31 Å². The van der Waals surface area contributed by atoms with Gasteiger partial charge in [0.25, 0.3) is 0 Å². The Kier molecular flexibility index (Phi) is 6.10. The molecule has 0 aromatic heterocycles. The minimum atomic E-state index is -3.76. The van der Waals surface area contributed by atoms with Gasteiger partial charge in [-0.15, -0.1) is 0 Å². The summed E-state index contributed by atoms with van der Waals surface area (Å²) in [5, 5.41) is 8.55. The van der Waals surface area contributed by atoms with Crippen LogP contribution in [-0.2, 0) is 14.8 Å². The van der Waals surface area contributed by atoms with Crippen LogP contribution in [0, 0.1) is 17.7 Å². The van der Waals surface area contributed by atoms with Crippen molar-refractivity contribution in [3.05, 3.63) is 29.6 Å². The fourth-order valence-electron chi connectivity index (χ4n) is 1.41. The summed E-state index contributed by atoms with van der Waals surface area (Å²) >= 11 is 0. The monoisotopic (exact) mass is 301 g/mol. The summed E-state index contributed by atoms with van der Waals surface area (Å²) in [6, 6.07) is 3.47. The van der Waals surface area contributed by atoms with Crippen molar-refractivity contribution >= 4 is 10.0 Å². The number of aliphatic hydroxyl groups excluding tert-OH is 1. The van der Waals surface area contributed by atoms with E-state index in [0.29, 0.717) is 0 Å². The summed E-state index contributed by atoms with van der Waals surface area (Å²) in [6.45, 7) is 0.0318. The molecule has 0 heterocycles. The van der Waals surface area contributed by atoms with Crippen molar-refractivity contribution in [1.29, 1.82) is 0 Å². The molecule has 0 aliphatic heterocycles. The van der Waals surface area contributed by atoms with Crippen molar-refractivity contribution in [3.8, 4) is 11.8 Å². The molecule has 0 saturated carbocycles. The summed E-state index contributed by atoms with van der Waals surface area (Å²) < 4.78 is 43.9. The molecule has 0 spiro atoms. The van der Waals surface area contributed by atoms with Gasteiger partial charge < -0.3 is 9.84 Å². The molecular weight excluding hydrogens is 285 g/mol. The SMILES string of the molecule is COCCN(C)S(=O)(=O)c1ccc(C#CCO)c(F)c1. The predicted octanol–water partition coefficient (Wildman–Crippen LogP) is 0.436. The second-order valence-corrected chi connectivity index (χ2v) is 5.97. The molecule has 5 nitrogen and oxygen atoms in total. The molecule has 0 radical (unpaired) electrons. The van der Waals surface area contributed by atoms with E-state index in [-0.39, 0.29) is 30.2 Å². The van der Waals surface area contributed by atoms with Crippen LogP contribution in [-0.4, -0.2) is 51.7 Å². The third-order valence-electron chi connectivity index (χ3n) is 2.56. The summed E-state index contributed by atoms with van der Waals surface area (Å²) in [4.78, 5) is -0.150. The molecule has 0 unspecified atom stereocenters. The lowest BCUT2D eigenvalue weighted by atomic mass is 10.2. The third kappa shape index (κ3) is 4.02. The maximum Gasteiger partial charge on any atom is 0.242 e. The second kappa shape index (κ2) is 7.36. The maximum atomic E-state index is 13.7. The highest BCUT2D eigenvalue weighted by molar-refractivity contribution is 7.89. The van der Waals surface area contributed by atoms with Gasteiger partial charge in [0.15, 0.2) is 0 Å². The predicted molar refractivity (Wildman–Crippen MR) is 72.1 cm³/mol. The van der Waals surface area contributed by atoms with E-state index in [1.807, 2.05) is 0 Å². The molecule has 1 aromatic carbocycles. The van der Waals surface area contributed by atoms with Crippen molar-refractivity contribution in [2.75, 3.05) is 33.9 Å². The van der Waals surface area contributed by atoms with E-state index >= 15 is 0 Å². The van der Waals surface area contributed by atoms with Crippen LogP contribution in [0.4, 0.5) is 4.39 Å². The first-order chi connectivity index (χ1) is 9.43. The van der Waals surface area contributed by atoms with E-state index in [1.54, 1.807) is 0 Å². The normalized spacial score (nSPS) is 11.2. The summed E-state index contributed by atoms with van der Waals surface area (Å²) in [5.74, 6) is 3.96. The molecule has 1 rings (SSSR count). The molecule has 0 fully saturated rings. The van der Waals surface area contributed by atoms with E-state index in [2.05, 4.69) is 11.8 Å². The fourth-order valence-corrected chi connectivity index (χ4v) is 2.58. The number of hydrogen-bond acceptors (Lipinski definition) is 4. The first kappa shape index (κ1) is 16.6. The van der Waals surface area contributed by atoms with Gasteiger partial charge in [-0.1, -0.05) is 11.8 Å². The lowest BCUT2D eigenvalue weighted by Crippen LogP contribution is -2.30. The van der Waals surface area contributed by atoms with Gasteiger partial charge in [0.05, 0.1) is 17.1 Å². The largest absolute Gasteiger partial charge is 0.384 e. The standard InChI is InChI=1S/C13H16FNO4S/c1-15(7-9-19-2)20(17,18)12-6-5-11(4-3-8-16)13(14)10-12/h5-6,10,16H,7-9H2,1-2H3. The number of hydrogen-bond donors (Lipinski definition) is 1. The molecule has 110 valence electrons.